The summed E-state index contributed by atoms with van der Waals surface area (Å²) in [5, 5.41) is 35.9. The van der Waals surface area contributed by atoms with E-state index in [1.165, 1.54) is 121 Å². The summed E-state index contributed by atoms with van der Waals surface area (Å²) in [5.41, 5.74) is 3.38. The van der Waals surface area contributed by atoms with Gasteiger partial charge in [-0.15, -0.1) is 0 Å². The first-order chi connectivity index (χ1) is 25.8. The van der Waals surface area contributed by atoms with Crippen LogP contribution in [0.25, 0.3) is 0 Å². The maximum atomic E-state index is 10.3. The van der Waals surface area contributed by atoms with Gasteiger partial charge >= 0.3 is 11.9 Å². The Labute approximate surface area is 322 Å². The number of carbonyl (C=O) groups is 2. The molecule has 0 bridgehead atoms. The van der Waals surface area contributed by atoms with Crippen molar-refractivity contribution in [3.05, 3.63) is 95.6 Å². The second-order valence-electron chi connectivity index (χ2n) is 14.4. The van der Waals surface area contributed by atoms with Crippen LogP contribution < -0.4 is 0 Å². The van der Waals surface area contributed by atoms with Crippen molar-refractivity contribution in [3.63, 3.8) is 0 Å². The maximum Gasteiger partial charge on any atom is 0.303 e. The fourth-order valence-corrected chi connectivity index (χ4v) is 6.44. The number of unbranched alkanes of at least 4 members (excludes halogenated alkanes) is 20. The molecule has 3 aromatic rings. The number of phenols is 2. The van der Waals surface area contributed by atoms with E-state index in [-0.39, 0.29) is 17.4 Å². The van der Waals surface area contributed by atoms with Gasteiger partial charge < -0.3 is 20.4 Å². The molecule has 0 unspecified atom stereocenters. The molecule has 0 amide bonds. The van der Waals surface area contributed by atoms with Gasteiger partial charge in [-0.3, -0.25) is 9.59 Å². The quantitative estimate of drug-likeness (QED) is 0.0458. The molecule has 0 radical (unpaired) electrons. The largest absolute Gasteiger partial charge is 0.508 e. The van der Waals surface area contributed by atoms with Crippen LogP contribution in [-0.2, 0) is 9.59 Å². The van der Waals surface area contributed by atoms with Crippen LogP contribution in [0, 0.1) is 0 Å². The highest BCUT2D eigenvalue weighted by Gasteiger charge is 2.16. The van der Waals surface area contributed by atoms with Crippen LogP contribution in [0.1, 0.15) is 191 Å². The van der Waals surface area contributed by atoms with E-state index in [1.54, 1.807) is 24.3 Å². The van der Waals surface area contributed by atoms with Gasteiger partial charge in [-0.25, -0.2) is 0 Å². The summed E-state index contributed by atoms with van der Waals surface area (Å²) < 4.78 is 0. The number of benzene rings is 3. The molecule has 6 heteroatoms. The molecule has 4 N–H and O–H groups in total. The Bertz CT molecular complexity index is 1190. The molecule has 0 heterocycles. The zero-order chi connectivity index (χ0) is 38.8. The van der Waals surface area contributed by atoms with Crippen molar-refractivity contribution in [1.29, 1.82) is 0 Å². The third kappa shape index (κ3) is 26.6. The summed E-state index contributed by atoms with van der Waals surface area (Å²) in [7, 11) is 0. The molecule has 0 aliphatic rings. The number of phenolic OH excluding ortho intramolecular Hbond substituents is 2. The summed E-state index contributed by atoms with van der Waals surface area (Å²) in [6.07, 6.45) is 28.7. The zero-order valence-corrected chi connectivity index (χ0v) is 33.2. The first-order valence-electron chi connectivity index (χ1n) is 20.8. The van der Waals surface area contributed by atoms with E-state index in [2.05, 4.69) is 26.0 Å². The summed E-state index contributed by atoms with van der Waals surface area (Å²) in [6, 6.07) is 24.7. The molecule has 0 spiro atoms. The van der Waals surface area contributed by atoms with E-state index >= 15 is 0 Å². The molecule has 296 valence electrons. The monoisotopic (exact) mass is 733 g/mol. The lowest BCUT2D eigenvalue weighted by molar-refractivity contribution is -0.138. The van der Waals surface area contributed by atoms with Crippen molar-refractivity contribution >= 4 is 11.9 Å². The minimum absolute atomic E-state index is 0.0763. The van der Waals surface area contributed by atoms with Gasteiger partial charge in [-0.2, -0.15) is 0 Å². The van der Waals surface area contributed by atoms with Gasteiger partial charge in [-0.1, -0.05) is 197 Å². The first kappa shape index (κ1) is 47.2. The fourth-order valence-electron chi connectivity index (χ4n) is 6.44. The first-order valence-corrected chi connectivity index (χ1v) is 20.8. The van der Waals surface area contributed by atoms with Crippen LogP contribution >= 0.6 is 0 Å². The molecule has 0 atom stereocenters. The normalized spacial score (nSPS) is 10.6. The highest BCUT2D eigenvalue weighted by molar-refractivity contribution is 5.66. The Kier molecular flexibility index (Phi) is 29.2. The van der Waals surface area contributed by atoms with E-state index in [9.17, 15) is 19.8 Å². The van der Waals surface area contributed by atoms with E-state index in [1.807, 2.05) is 42.5 Å². The highest BCUT2D eigenvalue weighted by atomic mass is 16.4. The summed E-state index contributed by atoms with van der Waals surface area (Å²) in [4.78, 5) is 20.5. The highest BCUT2D eigenvalue weighted by Crippen LogP contribution is 2.33. The Morgan fingerprint density at radius 1 is 0.396 bits per heavy atom. The Morgan fingerprint density at radius 3 is 0.943 bits per heavy atom. The zero-order valence-electron chi connectivity index (χ0n) is 33.2. The van der Waals surface area contributed by atoms with Gasteiger partial charge in [0.1, 0.15) is 11.5 Å². The van der Waals surface area contributed by atoms with Crippen molar-refractivity contribution in [2.24, 2.45) is 0 Å². The van der Waals surface area contributed by atoms with Crippen LogP contribution in [0.15, 0.2) is 78.9 Å². The molecule has 0 saturated heterocycles. The van der Waals surface area contributed by atoms with Crippen molar-refractivity contribution < 1.29 is 30.0 Å². The SMILES string of the molecule is CCCCCCCCCCCCCC(=O)O.CCCCCCCCCCCCCC(=O)O.Oc1ccc(C(c2ccccc2)c2ccc(O)cc2)cc1. The number of carboxylic acids is 2. The molecule has 3 aromatic carbocycles. The second-order valence-corrected chi connectivity index (χ2v) is 14.4. The average molecular weight is 733 g/mol. The van der Waals surface area contributed by atoms with Gasteiger partial charge in [-0.05, 0) is 53.8 Å². The van der Waals surface area contributed by atoms with Crippen molar-refractivity contribution in [2.75, 3.05) is 0 Å². The predicted octanol–water partition coefficient (Wildman–Crippen LogP) is 13.8. The molecular weight excluding hydrogens is 661 g/mol. The molecule has 0 aromatic heterocycles. The van der Waals surface area contributed by atoms with Crippen molar-refractivity contribution in [3.8, 4) is 11.5 Å². The standard InChI is InChI=1S/C19H16O2.2C14H28O2/c20-17-10-6-15(7-11-17)19(14-4-2-1-3-5-14)16-8-12-18(21)13-9-16;2*1-2-3-4-5-6-7-8-9-10-11-12-13-14(15)16/h1-13,19-21H;2*2-13H2,1H3,(H,15,16). The minimum Gasteiger partial charge on any atom is -0.508 e. The summed E-state index contributed by atoms with van der Waals surface area (Å²) in [6.45, 7) is 4.49. The van der Waals surface area contributed by atoms with Gasteiger partial charge in [0.05, 0.1) is 0 Å². The van der Waals surface area contributed by atoms with Gasteiger partial charge in [0.2, 0.25) is 0 Å². The van der Waals surface area contributed by atoms with Crippen LogP contribution in [0.2, 0.25) is 0 Å². The maximum absolute atomic E-state index is 10.3. The lowest BCUT2D eigenvalue weighted by Crippen LogP contribution is -2.02. The molecule has 53 heavy (non-hydrogen) atoms. The van der Waals surface area contributed by atoms with Gasteiger partial charge in [0.25, 0.3) is 0 Å². The van der Waals surface area contributed by atoms with Gasteiger partial charge in [0.15, 0.2) is 0 Å². The Morgan fingerprint density at radius 2 is 0.660 bits per heavy atom. The summed E-state index contributed by atoms with van der Waals surface area (Å²) >= 11 is 0. The third-order valence-electron chi connectivity index (χ3n) is 9.57. The van der Waals surface area contributed by atoms with Crippen LogP contribution in [-0.4, -0.2) is 32.4 Å². The Balaban J connectivity index is 0.000000405. The van der Waals surface area contributed by atoms with Crippen molar-refractivity contribution in [1.82, 2.24) is 0 Å². The van der Waals surface area contributed by atoms with Crippen LogP contribution in [0.3, 0.4) is 0 Å². The topological polar surface area (TPSA) is 115 Å². The number of aliphatic carboxylic acids is 2. The van der Waals surface area contributed by atoms with E-state index in [0.717, 1.165) is 36.8 Å². The molecule has 0 fully saturated rings. The molecule has 6 nitrogen and oxygen atoms in total. The van der Waals surface area contributed by atoms with Crippen LogP contribution in [0.5, 0.6) is 11.5 Å². The average Bonchev–Trinajstić information content (AvgIpc) is 3.15. The van der Waals surface area contributed by atoms with Crippen LogP contribution in [0.4, 0.5) is 0 Å². The lowest BCUT2D eigenvalue weighted by atomic mass is 9.85. The van der Waals surface area contributed by atoms with Crippen molar-refractivity contribution in [2.45, 2.75) is 174 Å². The number of rotatable bonds is 27. The smallest absolute Gasteiger partial charge is 0.303 e. The minimum atomic E-state index is -0.657. The van der Waals surface area contributed by atoms with E-state index in [0.29, 0.717) is 12.8 Å². The molecule has 0 saturated carbocycles. The fraction of sp³-hybridized carbons (Fsp3) is 0.574. The summed E-state index contributed by atoms with van der Waals surface area (Å²) in [5.74, 6) is -0.716. The molecule has 3 rings (SSSR count). The molecule has 0 aliphatic heterocycles. The third-order valence-corrected chi connectivity index (χ3v) is 9.57. The number of hydrogen-bond donors (Lipinski definition) is 4. The Hall–Kier alpha value is -3.80. The van der Waals surface area contributed by atoms with E-state index in [4.69, 9.17) is 10.2 Å². The number of carboxylic acid groups (broad SMARTS) is 2. The second kappa shape index (κ2) is 32.8. The lowest BCUT2D eigenvalue weighted by Gasteiger charge is -2.19. The molecular formula is C47H72O6. The van der Waals surface area contributed by atoms with Gasteiger partial charge in [0, 0.05) is 18.8 Å². The number of hydrogen-bond acceptors (Lipinski definition) is 4. The number of aromatic hydroxyl groups is 2. The van der Waals surface area contributed by atoms with E-state index < -0.39 is 11.9 Å². The molecule has 0 aliphatic carbocycles. The predicted molar refractivity (Wildman–Crippen MR) is 221 cm³/mol.